The summed E-state index contributed by atoms with van der Waals surface area (Å²) >= 11 is 0. The van der Waals surface area contributed by atoms with Crippen molar-refractivity contribution in [2.75, 3.05) is 39.8 Å². The molecule has 0 aliphatic carbocycles. The summed E-state index contributed by atoms with van der Waals surface area (Å²) in [6.07, 6.45) is 3.72. The molecule has 6 nitrogen and oxygen atoms in total. The van der Waals surface area contributed by atoms with Gasteiger partial charge in [-0.3, -0.25) is 0 Å². The molecule has 0 saturated carbocycles. The van der Waals surface area contributed by atoms with Crippen molar-refractivity contribution >= 4 is 5.96 Å². The van der Waals surface area contributed by atoms with Crippen LogP contribution >= 0.6 is 0 Å². The number of hydrogen-bond donors (Lipinski definition) is 3. The van der Waals surface area contributed by atoms with Gasteiger partial charge in [0.1, 0.15) is 17.1 Å². The number of aliphatic imine (C=N–C) groups is 1. The van der Waals surface area contributed by atoms with Gasteiger partial charge in [-0.2, -0.15) is 0 Å². The summed E-state index contributed by atoms with van der Waals surface area (Å²) in [6.45, 7) is 12.0. The highest BCUT2D eigenvalue weighted by Crippen LogP contribution is 2.27. The van der Waals surface area contributed by atoms with Gasteiger partial charge in [0.05, 0.1) is 6.54 Å². The Kier molecular flexibility index (Phi) is 7.53. The minimum absolute atomic E-state index is 0.288. The fourth-order valence-corrected chi connectivity index (χ4v) is 3.57. The maximum atomic E-state index is 10.8. The van der Waals surface area contributed by atoms with Gasteiger partial charge in [-0.05, 0) is 79.1 Å². The molecular formula is C20H36N4O2. The lowest BCUT2D eigenvalue weighted by Gasteiger charge is -2.29. The van der Waals surface area contributed by atoms with E-state index in [0.29, 0.717) is 0 Å². The van der Waals surface area contributed by atoms with Crippen LogP contribution in [0.2, 0.25) is 0 Å². The fourth-order valence-electron chi connectivity index (χ4n) is 3.57. The Bertz CT molecular complexity index is 587. The van der Waals surface area contributed by atoms with E-state index in [-0.39, 0.29) is 6.54 Å². The number of furan rings is 1. The molecule has 0 aromatic carbocycles. The molecular weight excluding hydrogens is 328 g/mol. The molecule has 0 radical (unpaired) electrons. The molecule has 0 bridgehead atoms. The molecule has 1 aromatic rings. The monoisotopic (exact) mass is 364 g/mol. The summed E-state index contributed by atoms with van der Waals surface area (Å²) in [7, 11) is 2.19. The van der Waals surface area contributed by atoms with Crippen molar-refractivity contribution in [3.8, 4) is 0 Å². The zero-order valence-corrected chi connectivity index (χ0v) is 17.1. The summed E-state index contributed by atoms with van der Waals surface area (Å²) < 4.78 is 5.55. The van der Waals surface area contributed by atoms with E-state index < -0.39 is 5.60 Å². The number of guanidine groups is 1. The van der Waals surface area contributed by atoms with Crippen molar-refractivity contribution in [3.05, 3.63) is 23.2 Å². The molecule has 2 rings (SSSR count). The predicted octanol–water partition coefficient (Wildman–Crippen LogP) is 2.39. The first-order valence-corrected chi connectivity index (χ1v) is 9.82. The molecule has 148 valence electrons. The average molecular weight is 365 g/mol. The van der Waals surface area contributed by atoms with Crippen LogP contribution in [0, 0.1) is 19.8 Å². The minimum Gasteiger partial charge on any atom is -0.466 e. The summed E-state index contributed by atoms with van der Waals surface area (Å²) in [6, 6.07) is 1.89. The van der Waals surface area contributed by atoms with Crippen molar-refractivity contribution in [1.29, 1.82) is 0 Å². The normalized spacial score (nSPS) is 19.4. The van der Waals surface area contributed by atoms with Gasteiger partial charge in [-0.1, -0.05) is 0 Å². The fraction of sp³-hybridized carbons (Fsp3) is 0.750. The molecule has 0 amide bonds. The number of hydrogen-bond acceptors (Lipinski definition) is 4. The van der Waals surface area contributed by atoms with Crippen molar-refractivity contribution < 1.29 is 9.52 Å². The van der Waals surface area contributed by atoms with Gasteiger partial charge in [-0.25, -0.2) is 4.99 Å². The van der Waals surface area contributed by atoms with Crippen molar-refractivity contribution in [3.63, 3.8) is 0 Å². The quantitative estimate of drug-likeness (QED) is 0.512. The van der Waals surface area contributed by atoms with Crippen LogP contribution < -0.4 is 10.6 Å². The van der Waals surface area contributed by atoms with E-state index in [4.69, 9.17) is 4.42 Å². The lowest BCUT2D eigenvalue weighted by molar-refractivity contribution is 0.0657. The summed E-state index contributed by atoms with van der Waals surface area (Å²) in [5, 5.41) is 17.5. The molecule has 2 heterocycles. The lowest BCUT2D eigenvalue weighted by Crippen LogP contribution is -2.40. The number of nitrogens with zero attached hydrogens (tertiary/aromatic N) is 2. The standard InChI is InChI=1S/C20H36N4O2/c1-6-21-19(22-10-7-17-8-11-24(5)12-9-17)23-14-20(4,25)18-13-15(2)26-16(18)3/h13,17,25H,6-12,14H2,1-5H3,(H2,21,22,23). The molecule has 3 N–H and O–H groups in total. The molecule has 1 aliphatic rings. The molecule has 1 aliphatic heterocycles. The van der Waals surface area contributed by atoms with E-state index in [1.807, 2.05) is 19.9 Å². The average Bonchev–Trinajstić information content (AvgIpc) is 2.94. The van der Waals surface area contributed by atoms with Gasteiger partial charge in [0, 0.05) is 18.7 Å². The lowest BCUT2D eigenvalue weighted by atomic mass is 9.94. The first kappa shape index (κ1) is 20.8. The molecule has 0 spiro atoms. The molecule has 1 atom stereocenters. The van der Waals surface area contributed by atoms with Crippen molar-refractivity contribution in [2.45, 2.75) is 52.6 Å². The van der Waals surface area contributed by atoms with Crippen LogP contribution in [0.25, 0.3) is 0 Å². The van der Waals surface area contributed by atoms with E-state index in [9.17, 15) is 5.11 Å². The highest BCUT2D eigenvalue weighted by atomic mass is 16.3. The van der Waals surface area contributed by atoms with E-state index >= 15 is 0 Å². The van der Waals surface area contributed by atoms with Gasteiger partial charge in [0.15, 0.2) is 5.96 Å². The second-order valence-corrected chi connectivity index (χ2v) is 7.76. The van der Waals surface area contributed by atoms with E-state index in [0.717, 1.165) is 48.5 Å². The molecule has 1 unspecified atom stereocenters. The van der Waals surface area contributed by atoms with Crippen molar-refractivity contribution in [2.24, 2.45) is 10.9 Å². The van der Waals surface area contributed by atoms with Crippen molar-refractivity contribution in [1.82, 2.24) is 15.5 Å². The molecule has 1 saturated heterocycles. The van der Waals surface area contributed by atoms with Crippen LogP contribution in [-0.2, 0) is 5.60 Å². The van der Waals surface area contributed by atoms with Gasteiger partial charge in [-0.15, -0.1) is 0 Å². The SMILES string of the molecule is CCNC(=NCC(C)(O)c1cc(C)oc1C)NCCC1CCN(C)CC1. The zero-order valence-electron chi connectivity index (χ0n) is 17.1. The van der Waals surface area contributed by atoms with Crippen LogP contribution in [-0.4, -0.2) is 55.7 Å². The number of aliphatic hydroxyl groups is 1. The highest BCUT2D eigenvalue weighted by Gasteiger charge is 2.27. The maximum absolute atomic E-state index is 10.8. The van der Waals surface area contributed by atoms with E-state index in [1.165, 1.54) is 25.9 Å². The topological polar surface area (TPSA) is 73.0 Å². The van der Waals surface area contributed by atoms with Crippen LogP contribution in [0.5, 0.6) is 0 Å². The van der Waals surface area contributed by atoms with Gasteiger partial charge >= 0.3 is 0 Å². The molecule has 1 aromatic heterocycles. The third-order valence-electron chi connectivity index (χ3n) is 5.19. The van der Waals surface area contributed by atoms with Crippen LogP contribution in [0.3, 0.4) is 0 Å². The Morgan fingerprint density at radius 1 is 1.35 bits per heavy atom. The first-order valence-electron chi connectivity index (χ1n) is 9.82. The summed E-state index contributed by atoms with van der Waals surface area (Å²) in [5.74, 6) is 3.12. The Balaban J connectivity index is 1.88. The number of nitrogens with one attached hydrogen (secondary N) is 2. The summed E-state index contributed by atoms with van der Waals surface area (Å²) in [4.78, 5) is 7.00. The zero-order chi connectivity index (χ0) is 19.2. The molecule has 26 heavy (non-hydrogen) atoms. The Morgan fingerprint density at radius 2 is 2.04 bits per heavy atom. The number of aryl methyl sites for hydroxylation is 2. The third kappa shape index (κ3) is 6.02. The second-order valence-electron chi connectivity index (χ2n) is 7.76. The van der Waals surface area contributed by atoms with Crippen LogP contribution in [0.15, 0.2) is 15.5 Å². The highest BCUT2D eigenvalue weighted by molar-refractivity contribution is 5.79. The third-order valence-corrected chi connectivity index (χ3v) is 5.19. The second kappa shape index (κ2) is 9.42. The molecule has 1 fully saturated rings. The first-order chi connectivity index (χ1) is 12.3. The van der Waals surface area contributed by atoms with E-state index in [1.54, 1.807) is 6.92 Å². The van der Waals surface area contributed by atoms with Crippen LogP contribution in [0.4, 0.5) is 0 Å². The maximum Gasteiger partial charge on any atom is 0.191 e. The number of piperidine rings is 1. The summed E-state index contributed by atoms with van der Waals surface area (Å²) in [5.41, 5.74) is -0.237. The van der Waals surface area contributed by atoms with E-state index in [2.05, 4.69) is 34.5 Å². The number of likely N-dealkylation sites (tertiary alicyclic amines) is 1. The van der Waals surface area contributed by atoms with Gasteiger partial charge in [0.25, 0.3) is 0 Å². The van der Waals surface area contributed by atoms with Crippen LogP contribution in [0.1, 0.15) is 50.2 Å². The predicted molar refractivity (Wildman–Crippen MR) is 107 cm³/mol. The van der Waals surface area contributed by atoms with Gasteiger partial charge in [0.2, 0.25) is 0 Å². The van der Waals surface area contributed by atoms with Gasteiger partial charge < -0.3 is 25.1 Å². The Labute approximate surface area is 158 Å². The largest absolute Gasteiger partial charge is 0.466 e. The smallest absolute Gasteiger partial charge is 0.191 e. The number of rotatable bonds is 7. The Morgan fingerprint density at radius 3 is 2.62 bits per heavy atom. The Hall–Kier alpha value is -1.53. The minimum atomic E-state index is -1.04. The molecule has 6 heteroatoms.